The van der Waals surface area contributed by atoms with Crippen LogP contribution in [-0.4, -0.2) is 34.9 Å². The van der Waals surface area contributed by atoms with Gasteiger partial charge in [0.1, 0.15) is 23.1 Å². The molecule has 1 atom stereocenters. The van der Waals surface area contributed by atoms with Crippen molar-refractivity contribution in [1.82, 2.24) is 4.98 Å². The molecule has 0 spiro atoms. The van der Waals surface area contributed by atoms with Crippen LogP contribution < -0.4 is 9.47 Å². The number of nitrogens with zero attached hydrogens (tertiary/aromatic N) is 1. The van der Waals surface area contributed by atoms with Gasteiger partial charge in [-0.2, -0.15) is 0 Å². The third kappa shape index (κ3) is 9.30. The number of aliphatic carboxylic acids is 1. The quantitative estimate of drug-likeness (QED) is 0.135. The molecule has 8 heteroatoms. The zero-order valence-electron chi connectivity index (χ0n) is 28.4. The maximum absolute atomic E-state index is 13.3. The monoisotopic (exact) mass is 665 g/mol. The van der Waals surface area contributed by atoms with E-state index in [0.29, 0.717) is 54.4 Å². The van der Waals surface area contributed by atoms with Gasteiger partial charge in [0.15, 0.2) is 6.10 Å². The summed E-state index contributed by atoms with van der Waals surface area (Å²) in [5.74, 6) is -0.333. The number of aromatic nitrogens is 1. The second kappa shape index (κ2) is 15.4. The van der Waals surface area contributed by atoms with Crippen LogP contribution >= 0.6 is 0 Å². The van der Waals surface area contributed by atoms with Crippen LogP contribution in [0.2, 0.25) is 0 Å². The third-order valence-corrected chi connectivity index (χ3v) is 8.00. The van der Waals surface area contributed by atoms with Crippen LogP contribution in [0.15, 0.2) is 97.1 Å². The molecule has 6 nitrogen and oxygen atoms in total. The van der Waals surface area contributed by atoms with Crippen LogP contribution in [-0.2, 0) is 22.4 Å². The average molecular weight is 666 g/mol. The molecule has 1 heterocycles. The Morgan fingerprint density at radius 1 is 0.673 bits per heavy atom. The summed E-state index contributed by atoms with van der Waals surface area (Å²) in [7, 11) is 0. The molecular weight excluding hydrogens is 624 g/mol. The van der Waals surface area contributed by atoms with E-state index in [1.54, 1.807) is 24.3 Å². The molecule has 0 radical (unpaired) electrons. The number of carbonyl (C=O) groups is 1. The summed E-state index contributed by atoms with van der Waals surface area (Å²) < 4.78 is 44.7. The topological polar surface area (TPSA) is 77.9 Å². The van der Waals surface area contributed by atoms with Gasteiger partial charge in [-0.3, -0.25) is 4.98 Å². The van der Waals surface area contributed by atoms with Crippen molar-refractivity contribution in [2.75, 3.05) is 13.2 Å². The lowest BCUT2D eigenvalue weighted by Gasteiger charge is -2.29. The third-order valence-electron chi connectivity index (χ3n) is 8.00. The van der Waals surface area contributed by atoms with Crippen molar-refractivity contribution in [3.05, 3.63) is 137 Å². The highest BCUT2D eigenvalue weighted by atomic mass is 19.1. The van der Waals surface area contributed by atoms with Crippen molar-refractivity contribution in [1.29, 1.82) is 0 Å². The zero-order valence-corrected chi connectivity index (χ0v) is 28.4. The van der Waals surface area contributed by atoms with E-state index < -0.39 is 17.7 Å². The summed E-state index contributed by atoms with van der Waals surface area (Å²) in [6.07, 6.45) is -0.0231. The number of aryl methyl sites for hydroxylation is 2. The molecule has 0 amide bonds. The van der Waals surface area contributed by atoms with Gasteiger partial charge in [0.05, 0.1) is 18.8 Å². The van der Waals surface area contributed by atoms with Gasteiger partial charge in [-0.05, 0) is 111 Å². The predicted molar refractivity (Wildman–Crippen MR) is 187 cm³/mol. The number of benzene rings is 4. The molecule has 254 valence electrons. The largest absolute Gasteiger partial charge is 0.493 e. The Balaban J connectivity index is 1.47. The maximum atomic E-state index is 13.3. The highest BCUT2D eigenvalue weighted by molar-refractivity contribution is 5.91. The van der Waals surface area contributed by atoms with Crippen LogP contribution in [0.5, 0.6) is 11.5 Å². The molecule has 0 aliphatic heterocycles. The van der Waals surface area contributed by atoms with Gasteiger partial charge in [0.2, 0.25) is 0 Å². The smallest absolute Gasteiger partial charge is 0.337 e. The number of ether oxygens (including phenoxy) is 3. The van der Waals surface area contributed by atoms with E-state index in [-0.39, 0.29) is 11.6 Å². The summed E-state index contributed by atoms with van der Waals surface area (Å²) in [6, 6.07) is 27.9. The summed E-state index contributed by atoms with van der Waals surface area (Å²) in [5, 5.41) is 10.5. The average Bonchev–Trinajstić information content (AvgIpc) is 3.06. The minimum atomic E-state index is -1.28. The number of carboxylic acids is 1. The molecule has 1 aromatic heterocycles. The van der Waals surface area contributed by atoms with Gasteiger partial charge in [0.25, 0.3) is 0 Å². The van der Waals surface area contributed by atoms with E-state index in [1.807, 2.05) is 83.1 Å². The fraction of sp³-hybridized carbons (Fsp3) is 0.268. The Kier molecular flexibility index (Phi) is 11.1. The van der Waals surface area contributed by atoms with E-state index in [4.69, 9.17) is 19.2 Å². The van der Waals surface area contributed by atoms with Gasteiger partial charge in [-0.25, -0.2) is 13.6 Å². The Bertz CT molecular complexity index is 1870. The molecular formula is C41H41F2NO5. The minimum Gasteiger partial charge on any atom is -0.493 e. The molecule has 1 N–H and O–H groups in total. The second-order valence-electron chi connectivity index (χ2n) is 12.9. The van der Waals surface area contributed by atoms with Crippen molar-refractivity contribution >= 4 is 5.97 Å². The fourth-order valence-electron chi connectivity index (χ4n) is 5.74. The Hall–Kier alpha value is -5.08. The van der Waals surface area contributed by atoms with Gasteiger partial charge >= 0.3 is 5.97 Å². The van der Waals surface area contributed by atoms with Crippen LogP contribution in [0.25, 0.3) is 22.3 Å². The number of halogens is 2. The molecule has 0 aliphatic rings. The minimum absolute atomic E-state index is 0.272. The Morgan fingerprint density at radius 3 is 1.51 bits per heavy atom. The molecule has 1 unspecified atom stereocenters. The van der Waals surface area contributed by atoms with Gasteiger partial charge < -0.3 is 19.3 Å². The summed E-state index contributed by atoms with van der Waals surface area (Å²) in [4.78, 5) is 17.6. The van der Waals surface area contributed by atoms with Crippen molar-refractivity contribution in [3.8, 4) is 33.8 Å². The molecule has 0 saturated heterocycles. The lowest BCUT2D eigenvalue weighted by molar-refractivity contribution is -0.160. The van der Waals surface area contributed by atoms with Gasteiger partial charge in [-0.15, -0.1) is 0 Å². The Morgan fingerprint density at radius 2 is 1.10 bits per heavy atom. The number of hydrogen-bond donors (Lipinski definition) is 1. The predicted octanol–water partition coefficient (Wildman–Crippen LogP) is 9.49. The molecule has 5 rings (SSSR count). The fourth-order valence-corrected chi connectivity index (χ4v) is 5.74. The molecule has 4 aromatic carbocycles. The van der Waals surface area contributed by atoms with Crippen LogP contribution in [0.4, 0.5) is 8.78 Å². The van der Waals surface area contributed by atoms with Gasteiger partial charge in [0, 0.05) is 35.4 Å². The summed E-state index contributed by atoms with van der Waals surface area (Å²) in [5.41, 5.74) is 6.11. The van der Waals surface area contributed by atoms with E-state index in [1.165, 1.54) is 24.3 Å². The second-order valence-corrected chi connectivity index (χ2v) is 12.9. The first-order valence-corrected chi connectivity index (χ1v) is 16.2. The normalized spacial score (nSPS) is 12.1. The lowest BCUT2D eigenvalue weighted by atomic mass is 9.86. The van der Waals surface area contributed by atoms with E-state index in [9.17, 15) is 18.7 Å². The molecule has 0 saturated carbocycles. The first-order valence-electron chi connectivity index (χ1n) is 16.2. The van der Waals surface area contributed by atoms with Crippen LogP contribution in [0.3, 0.4) is 0 Å². The number of pyridine rings is 1. The summed E-state index contributed by atoms with van der Waals surface area (Å²) in [6.45, 7) is 10.0. The van der Waals surface area contributed by atoms with Crippen LogP contribution in [0.1, 0.15) is 55.0 Å². The first kappa shape index (κ1) is 35.2. The van der Waals surface area contributed by atoms with E-state index >= 15 is 0 Å². The summed E-state index contributed by atoms with van der Waals surface area (Å²) >= 11 is 0. The van der Waals surface area contributed by atoms with Crippen LogP contribution in [0, 0.1) is 25.5 Å². The molecule has 5 aromatic rings. The number of rotatable bonds is 13. The SMILES string of the molecule is Cc1nc(C)c(C(OC(C)(C)C)C(=O)O)c(-c2ccc(OCCc3ccc(F)cc3)cc2)c1-c1ccc(OCCc2ccc(F)cc2)cc1. The maximum Gasteiger partial charge on any atom is 0.337 e. The lowest BCUT2D eigenvalue weighted by Crippen LogP contribution is -2.28. The number of carboxylic acid groups (broad SMARTS) is 1. The molecule has 0 aliphatic carbocycles. The van der Waals surface area contributed by atoms with Crippen molar-refractivity contribution in [2.45, 2.75) is 59.2 Å². The van der Waals surface area contributed by atoms with Crippen molar-refractivity contribution in [3.63, 3.8) is 0 Å². The van der Waals surface area contributed by atoms with Crippen molar-refractivity contribution < 1.29 is 32.9 Å². The van der Waals surface area contributed by atoms with E-state index in [0.717, 1.165) is 33.5 Å². The molecule has 49 heavy (non-hydrogen) atoms. The van der Waals surface area contributed by atoms with E-state index in [2.05, 4.69) is 0 Å². The highest BCUT2D eigenvalue weighted by Gasteiger charge is 2.33. The molecule has 0 bridgehead atoms. The standard InChI is InChI=1S/C41H41F2NO5/c1-26-36(30-10-18-34(19-11-30)47-24-22-28-6-14-32(42)15-7-28)38(37(27(2)44-26)39(40(45)46)49-41(3,4)5)31-12-20-35(21-13-31)48-25-23-29-8-16-33(43)17-9-29/h6-21,39H,22-25H2,1-5H3,(H,45,46). The Labute approximate surface area is 286 Å². The number of hydrogen-bond acceptors (Lipinski definition) is 5. The zero-order chi connectivity index (χ0) is 35.1. The van der Waals surface area contributed by atoms with Gasteiger partial charge in [-0.1, -0.05) is 48.5 Å². The first-order chi connectivity index (χ1) is 23.4. The molecule has 0 fully saturated rings. The highest BCUT2D eigenvalue weighted by Crippen LogP contribution is 2.43. The van der Waals surface area contributed by atoms with Crippen molar-refractivity contribution in [2.24, 2.45) is 0 Å².